The highest BCUT2D eigenvalue weighted by molar-refractivity contribution is 7.92. The molecule has 1 aliphatic rings. The minimum atomic E-state index is -3.96. The third kappa shape index (κ3) is 7.52. The summed E-state index contributed by atoms with van der Waals surface area (Å²) >= 11 is 0. The molecule has 0 aromatic heterocycles. The average Bonchev–Trinajstić information content (AvgIpc) is 3.04. The number of amides is 1. The Kier molecular flexibility index (Phi) is 10.2. The van der Waals surface area contributed by atoms with Crippen LogP contribution in [-0.2, 0) is 31.3 Å². The van der Waals surface area contributed by atoms with Crippen LogP contribution in [0.2, 0.25) is 0 Å². The van der Waals surface area contributed by atoms with Crippen molar-refractivity contribution in [2.75, 3.05) is 38.6 Å². The summed E-state index contributed by atoms with van der Waals surface area (Å²) in [5.41, 5.74) is 1.58. The number of carbonyl (C=O) groups excluding carboxylic acids is 1. The number of aliphatic hydroxyl groups is 1. The molecule has 0 saturated carbocycles. The second kappa shape index (κ2) is 13.6. The van der Waals surface area contributed by atoms with Crippen molar-refractivity contribution in [2.24, 2.45) is 5.92 Å². The van der Waals surface area contributed by atoms with E-state index in [4.69, 9.17) is 9.47 Å². The molecular weight excluding hydrogens is 606 g/mol. The van der Waals surface area contributed by atoms with Crippen molar-refractivity contribution >= 4 is 31.6 Å². The van der Waals surface area contributed by atoms with Gasteiger partial charge in [0.15, 0.2) is 0 Å². The number of hydrogen-bond donors (Lipinski definition) is 2. The number of fused-ring (bicyclic) bond motifs is 1. The highest BCUT2D eigenvalue weighted by atomic mass is 32.2. The molecule has 0 spiro atoms. The molecule has 3 aromatic rings. The summed E-state index contributed by atoms with van der Waals surface area (Å²) in [6.07, 6.45) is -0.797. The number of aryl methyl sites for hydroxylation is 1. The fraction of sp³-hybridized carbons (Fsp3) is 0.387. The van der Waals surface area contributed by atoms with Crippen LogP contribution in [0.5, 0.6) is 11.5 Å². The fourth-order valence-corrected chi connectivity index (χ4v) is 7.15. The summed E-state index contributed by atoms with van der Waals surface area (Å²) in [4.78, 5) is 15.2. The second-order valence-electron chi connectivity index (χ2n) is 11.1. The topological polar surface area (TPSA) is 143 Å². The first-order valence-corrected chi connectivity index (χ1v) is 17.1. The molecule has 44 heavy (non-hydrogen) atoms. The van der Waals surface area contributed by atoms with Crippen LogP contribution in [0.25, 0.3) is 0 Å². The normalized spacial score (nSPS) is 18.4. The number of sulfonamides is 2. The van der Waals surface area contributed by atoms with Gasteiger partial charge in [-0.3, -0.25) is 9.52 Å². The van der Waals surface area contributed by atoms with Crippen molar-refractivity contribution in [3.63, 3.8) is 0 Å². The lowest BCUT2D eigenvalue weighted by molar-refractivity contribution is -0.134. The Morgan fingerprint density at radius 1 is 1.05 bits per heavy atom. The van der Waals surface area contributed by atoms with E-state index in [2.05, 4.69) is 4.72 Å². The van der Waals surface area contributed by atoms with Gasteiger partial charge in [0.25, 0.3) is 10.0 Å². The van der Waals surface area contributed by atoms with Gasteiger partial charge < -0.3 is 19.5 Å². The number of hydrogen-bond acceptors (Lipinski definition) is 8. The summed E-state index contributed by atoms with van der Waals surface area (Å²) < 4.78 is 68.3. The highest BCUT2D eigenvalue weighted by Gasteiger charge is 2.33. The van der Waals surface area contributed by atoms with Crippen LogP contribution in [0.4, 0.5) is 5.69 Å². The van der Waals surface area contributed by atoms with Gasteiger partial charge in [-0.2, -0.15) is 4.31 Å². The van der Waals surface area contributed by atoms with Crippen molar-refractivity contribution in [2.45, 2.75) is 49.1 Å². The Morgan fingerprint density at radius 3 is 2.30 bits per heavy atom. The zero-order chi connectivity index (χ0) is 32.2. The lowest BCUT2D eigenvalue weighted by Crippen LogP contribution is -2.48. The molecule has 238 valence electrons. The van der Waals surface area contributed by atoms with Crippen molar-refractivity contribution in [1.82, 2.24) is 9.21 Å². The van der Waals surface area contributed by atoms with Gasteiger partial charge in [-0.15, -0.1) is 0 Å². The molecule has 0 fully saturated rings. The van der Waals surface area contributed by atoms with E-state index in [1.807, 2.05) is 13.8 Å². The highest BCUT2D eigenvalue weighted by Crippen LogP contribution is 2.31. The fourth-order valence-electron chi connectivity index (χ4n) is 4.92. The van der Waals surface area contributed by atoms with Crippen LogP contribution in [0, 0.1) is 12.8 Å². The lowest BCUT2D eigenvalue weighted by Gasteiger charge is -2.33. The standard InChI is InChI=1S/C31H39N3O8S2/c1-21-6-11-28(12-7-21)44(39,40)33(4)19-30-22(2)18-34(23(3)20-35)31(36)17-24-16-25(8-15-29(24)42-30)32-43(37,38)27-13-9-26(41-5)10-14-27/h6-16,22-23,30,32,35H,17-20H2,1-5H3/t22-,23+,30+/m1/s1. The average molecular weight is 646 g/mol. The summed E-state index contributed by atoms with van der Waals surface area (Å²) in [6.45, 7) is 5.41. The molecule has 1 aliphatic heterocycles. The smallest absolute Gasteiger partial charge is 0.261 e. The minimum Gasteiger partial charge on any atom is -0.497 e. The first-order valence-electron chi connectivity index (χ1n) is 14.1. The number of nitrogens with zero attached hydrogens (tertiary/aromatic N) is 2. The second-order valence-corrected chi connectivity index (χ2v) is 14.8. The van der Waals surface area contributed by atoms with E-state index in [1.165, 1.54) is 42.7 Å². The molecule has 11 nitrogen and oxygen atoms in total. The number of methoxy groups -OCH3 is 1. The quantitative estimate of drug-likeness (QED) is 0.342. The number of nitrogens with one attached hydrogen (secondary N) is 1. The van der Waals surface area contributed by atoms with Crippen LogP contribution in [0.15, 0.2) is 76.5 Å². The van der Waals surface area contributed by atoms with E-state index >= 15 is 0 Å². The monoisotopic (exact) mass is 645 g/mol. The number of aliphatic hydroxyl groups excluding tert-OH is 1. The van der Waals surface area contributed by atoms with Crippen LogP contribution in [0.1, 0.15) is 25.0 Å². The number of benzene rings is 3. The number of rotatable bonds is 10. The minimum absolute atomic E-state index is 0.0157. The maximum atomic E-state index is 13.5. The SMILES string of the molecule is COc1ccc(S(=O)(=O)Nc2ccc3c(c2)CC(=O)N([C@@H](C)CO)C[C@@H](C)[C@H](CN(C)S(=O)(=O)c2ccc(C)cc2)O3)cc1. The predicted molar refractivity (Wildman–Crippen MR) is 167 cm³/mol. The van der Waals surface area contributed by atoms with Gasteiger partial charge >= 0.3 is 0 Å². The van der Waals surface area contributed by atoms with E-state index in [-0.39, 0.29) is 53.4 Å². The van der Waals surface area contributed by atoms with Gasteiger partial charge in [0, 0.05) is 30.8 Å². The Hall–Kier alpha value is -3.65. The largest absolute Gasteiger partial charge is 0.497 e. The van der Waals surface area contributed by atoms with Crippen LogP contribution >= 0.6 is 0 Å². The molecule has 3 atom stereocenters. The molecule has 13 heteroatoms. The maximum Gasteiger partial charge on any atom is 0.261 e. The summed E-state index contributed by atoms with van der Waals surface area (Å²) in [7, 11) is -4.83. The molecular formula is C31H39N3O8S2. The zero-order valence-corrected chi connectivity index (χ0v) is 27.1. The van der Waals surface area contributed by atoms with Gasteiger partial charge in [-0.25, -0.2) is 16.8 Å². The summed E-state index contributed by atoms with van der Waals surface area (Å²) in [6, 6.07) is 16.7. The first kappa shape index (κ1) is 33.2. The third-order valence-electron chi connectivity index (χ3n) is 7.70. The molecule has 3 aromatic carbocycles. The van der Waals surface area contributed by atoms with Gasteiger partial charge in [0.1, 0.15) is 17.6 Å². The van der Waals surface area contributed by atoms with Crippen LogP contribution in [0.3, 0.4) is 0 Å². The summed E-state index contributed by atoms with van der Waals surface area (Å²) in [5.74, 6) is 0.240. The number of carbonyl (C=O) groups is 1. The van der Waals surface area contributed by atoms with E-state index < -0.39 is 32.2 Å². The molecule has 1 amide bonds. The van der Waals surface area contributed by atoms with E-state index in [9.17, 15) is 26.7 Å². The Bertz CT molecular complexity index is 1680. The van der Waals surface area contributed by atoms with Crippen LogP contribution < -0.4 is 14.2 Å². The molecule has 0 radical (unpaired) electrons. The Morgan fingerprint density at radius 2 is 1.68 bits per heavy atom. The Labute approximate surface area is 259 Å². The number of anilines is 1. The van der Waals surface area contributed by atoms with Crippen molar-refractivity contribution in [3.8, 4) is 11.5 Å². The molecule has 2 N–H and O–H groups in total. The van der Waals surface area contributed by atoms with Gasteiger partial charge in [0.2, 0.25) is 15.9 Å². The number of ether oxygens (including phenoxy) is 2. The van der Waals surface area contributed by atoms with Gasteiger partial charge in [-0.1, -0.05) is 24.6 Å². The first-order chi connectivity index (χ1) is 20.7. The van der Waals surface area contributed by atoms with Crippen molar-refractivity contribution < 1.29 is 36.2 Å². The van der Waals surface area contributed by atoms with Gasteiger partial charge in [0.05, 0.1) is 42.5 Å². The van der Waals surface area contributed by atoms with Gasteiger partial charge in [-0.05, 0) is 68.4 Å². The lowest BCUT2D eigenvalue weighted by atomic mass is 10.0. The van der Waals surface area contributed by atoms with E-state index in [0.29, 0.717) is 17.1 Å². The zero-order valence-electron chi connectivity index (χ0n) is 25.4. The molecule has 0 aliphatic carbocycles. The molecule has 0 saturated heterocycles. The predicted octanol–water partition coefficient (Wildman–Crippen LogP) is 3.27. The molecule has 0 unspecified atom stereocenters. The van der Waals surface area contributed by atoms with Crippen LogP contribution in [-0.4, -0.2) is 83.1 Å². The molecule has 1 heterocycles. The van der Waals surface area contributed by atoms with Crippen molar-refractivity contribution in [3.05, 3.63) is 77.9 Å². The third-order valence-corrected chi connectivity index (χ3v) is 10.9. The summed E-state index contributed by atoms with van der Waals surface area (Å²) in [5, 5.41) is 9.90. The van der Waals surface area contributed by atoms with E-state index in [1.54, 1.807) is 54.3 Å². The molecule has 4 rings (SSSR count). The van der Waals surface area contributed by atoms with E-state index in [0.717, 1.165) is 5.56 Å². The molecule has 0 bridgehead atoms. The maximum absolute atomic E-state index is 13.5. The number of likely N-dealkylation sites (N-methyl/N-ethyl adjacent to an activating group) is 1. The van der Waals surface area contributed by atoms with Crippen molar-refractivity contribution in [1.29, 1.82) is 0 Å². The Balaban J connectivity index is 1.67.